The molecule has 112 valence electrons. The standard InChI is InChI=1S/C16H22N4O/c1-13(2)20-9-8-15(19-20)11-17-12-16(21)18-10-14-6-4-3-5-7-14/h3-9,13,17H,10-12H2,1-2H3,(H,18,21). The van der Waals surface area contributed by atoms with Crippen molar-refractivity contribution in [2.24, 2.45) is 0 Å². The van der Waals surface area contributed by atoms with Crippen molar-refractivity contribution in [1.82, 2.24) is 20.4 Å². The molecule has 0 atom stereocenters. The number of nitrogens with one attached hydrogen (secondary N) is 2. The van der Waals surface area contributed by atoms with Crippen LogP contribution in [0.3, 0.4) is 0 Å². The maximum atomic E-state index is 11.7. The van der Waals surface area contributed by atoms with Gasteiger partial charge in [-0.25, -0.2) is 0 Å². The Morgan fingerprint density at radius 2 is 1.95 bits per heavy atom. The lowest BCUT2D eigenvalue weighted by atomic mass is 10.2. The highest BCUT2D eigenvalue weighted by Crippen LogP contribution is 2.03. The predicted octanol–water partition coefficient (Wildman–Crippen LogP) is 1.87. The van der Waals surface area contributed by atoms with Gasteiger partial charge in [-0.05, 0) is 25.5 Å². The first kappa shape index (κ1) is 15.3. The minimum Gasteiger partial charge on any atom is -0.351 e. The molecule has 0 aliphatic rings. The number of carbonyl (C=O) groups is 1. The van der Waals surface area contributed by atoms with Crippen LogP contribution in [0.4, 0.5) is 0 Å². The Balaban J connectivity index is 1.67. The topological polar surface area (TPSA) is 59.0 Å². The first-order valence-corrected chi connectivity index (χ1v) is 7.20. The number of nitrogens with zero attached hydrogens (tertiary/aromatic N) is 2. The second kappa shape index (κ2) is 7.59. The second-order valence-corrected chi connectivity index (χ2v) is 5.25. The summed E-state index contributed by atoms with van der Waals surface area (Å²) in [7, 11) is 0. The SMILES string of the molecule is CC(C)n1ccc(CNCC(=O)NCc2ccccc2)n1. The number of rotatable bonds is 7. The summed E-state index contributed by atoms with van der Waals surface area (Å²) in [6, 6.07) is 12.2. The summed E-state index contributed by atoms with van der Waals surface area (Å²) in [6.07, 6.45) is 1.96. The molecule has 21 heavy (non-hydrogen) atoms. The third-order valence-electron chi connectivity index (χ3n) is 3.12. The van der Waals surface area contributed by atoms with E-state index < -0.39 is 0 Å². The fourth-order valence-corrected chi connectivity index (χ4v) is 1.92. The molecule has 0 aliphatic carbocycles. The van der Waals surface area contributed by atoms with E-state index in [1.54, 1.807) is 0 Å². The van der Waals surface area contributed by atoms with Gasteiger partial charge in [0, 0.05) is 25.3 Å². The molecule has 2 aromatic rings. The molecule has 5 heteroatoms. The average Bonchev–Trinajstić information content (AvgIpc) is 2.95. The average molecular weight is 286 g/mol. The van der Waals surface area contributed by atoms with Crippen LogP contribution in [0, 0.1) is 0 Å². The molecule has 1 amide bonds. The van der Waals surface area contributed by atoms with Crippen molar-refractivity contribution >= 4 is 5.91 Å². The molecule has 0 fully saturated rings. The van der Waals surface area contributed by atoms with E-state index in [0.29, 0.717) is 25.7 Å². The van der Waals surface area contributed by atoms with Gasteiger partial charge in [0.2, 0.25) is 5.91 Å². The van der Waals surface area contributed by atoms with E-state index in [4.69, 9.17) is 0 Å². The smallest absolute Gasteiger partial charge is 0.234 e. The van der Waals surface area contributed by atoms with E-state index in [1.165, 1.54) is 0 Å². The van der Waals surface area contributed by atoms with Crippen LogP contribution in [0.5, 0.6) is 0 Å². The van der Waals surface area contributed by atoms with Gasteiger partial charge in [0.1, 0.15) is 0 Å². The largest absolute Gasteiger partial charge is 0.351 e. The summed E-state index contributed by atoms with van der Waals surface area (Å²) in [4.78, 5) is 11.7. The number of hydrogen-bond acceptors (Lipinski definition) is 3. The van der Waals surface area contributed by atoms with E-state index in [0.717, 1.165) is 11.3 Å². The number of benzene rings is 1. The van der Waals surface area contributed by atoms with Gasteiger partial charge in [-0.2, -0.15) is 5.10 Å². The lowest BCUT2D eigenvalue weighted by Gasteiger charge is -2.06. The van der Waals surface area contributed by atoms with Gasteiger partial charge in [-0.15, -0.1) is 0 Å². The third kappa shape index (κ3) is 5.04. The summed E-state index contributed by atoms with van der Waals surface area (Å²) in [5.41, 5.74) is 2.04. The van der Waals surface area contributed by atoms with E-state index in [9.17, 15) is 4.79 Å². The van der Waals surface area contributed by atoms with Crippen LogP contribution in [0.2, 0.25) is 0 Å². The summed E-state index contributed by atoms with van der Waals surface area (Å²) < 4.78 is 1.91. The number of hydrogen-bond donors (Lipinski definition) is 2. The number of amides is 1. The monoisotopic (exact) mass is 286 g/mol. The predicted molar refractivity (Wildman–Crippen MR) is 82.6 cm³/mol. The Morgan fingerprint density at radius 1 is 1.19 bits per heavy atom. The summed E-state index contributed by atoms with van der Waals surface area (Å²) in [6.45, 7) is 5.62. The molecule has 0 aliphatic heterocycles. The Labute approximate surface area is 125 Å². The first-order valence-electron chi connectivity index (χ1n) is 7.20. The molecule has 1 aromatic carbocycles. The van der Waals surface area contributed by atoms with Crippen molar-refractivity contribution in [3.8, 4) is 0 Å². The van der Waals surface area contributed by atoms with E-state index in [1.807, 2.05) is 47.3 Å². The molecule has 0 unspecified atom stereocenters. The molecular formula is C16H22N4O. The molecule has 0 saturated carbocycles. The summed E-state index contributed by atoms with van der Waals surface area (Å²) >= 11 is 0. The highest BCUT2D eigenvalue weighted by atomic mass is 16.1. The number of carbonyl (C=O) groups excluding carboxylic acids is 1. The molecule has 1 heterocycles. The normalized spacial score (nSPS) is 10.8. The van der Waals surface area contributed by atoms with Crippen LogP contribution in [0.1, 0.15) is 31.1 Å². The fraction of sp³-hybridized carbons (Fsp3) is 0.375. The molecular weight excluding hydrogens is 264 g/mol. The second-order valence-electron chi connectivity index (χ2n) is 5.25. The highest BCUT2D eigenvalue weighted by molar-refractivity contribution is 5.77. The minimum atomic E-state index is -0.0119. The van der Waals surface area contributed by atoms with Gasteiger partial charge in [-0.3, -0.25) is 9.48 Å². The van der Waals surface area contributed by atoms with Crippen LogP contribution in [-0.4, -0.2) is 22.2 Å². The zero-order valence-electron chi connectivity index (χ0n) is 12.5. The molecule has 0 saturated heterocycles. The Hall–Kier alpha value is -2.14. The molecule has 0 bridgehead atoms. The Bertz CT molecular complexity index is 563. The zero-order valence-corrected chi connectivity index (χ0v) is 12.5. The van der Waals surface area contributed by atoms with Gasteiger partial charge < -0.3 is 10.6 Å². The van der Waals surface area contributed by atoms with Crippen LogP contribution >= 0.6 is 0 Å². The molecule has 2 N–H and O–H groups in total. The molecule has 0 spiro atoms. The van der Waals surface area contributed by atoms with Crippen LogP contribution < -0.4 is 10.6 Å². The van der Waals surface area contributed by atoms with Crippen molar-refractivity contribution in [2.45, 2.75) is 33.0 Å². The van der Waals surface area contributed by atoms with Crippen molar-refractivity contribution < 1.29 is 4.79 Å². The quantitative estimate of drug-likeness (QED) is 0.817. The Morgan fingerprint density at radius 3 is 2.62 bits per heavy atom. The van der Waals surface area contributed by atoms with Crippen molar-refractivity contribution in [1.29, 1.82) is 0 Å². The Kier molecular flexibility index (Phi) is 5.51. The highest BCUT2D eigenvalue weighted by Gasteiger charge is 2.04. The van der Waals surface area contributed by atoms with E-state index >= 15 is 0 Å². The molecule has 0 radical (unpaired) electrons. The summed E-state index contributed by atoms with van der Waals surface area (Å²) in [5.74, 6) is -0.0119. The van der Waals surface area contributed by atoms with E-state index in [-0.39, 0.29) is 5.91 Å². The first-order chi connectivity index (χ1) is 10.1. The van der Waals surface area contributed by atoms with Gasteiger partial charge in [-0.1, -0.05) is 30.3 Å². The van der Waals surface area contributed by atoms with Crippen LogP contribution in [0.15, 0.2) is 42.6 Å². The zero-order chi connectivity index (χ0) is 15.1. The van der Waals surface area contributed by atoms with E-state index in [2.05, 4.69) is 29.6 Å². The van der Waals surface area contributed by atoms with Crippen LogP contribution in [-0.2, 0) is 17.9 Å². The van der Waals surface area contributed by atoms with Crippen LogP contribution in [0.25, 0.3) is 0 Å². The molecule has 5 nitrogen and oxygen atoms in total. The number of aromatic nitrogens is 2. The maximum Gasteiger partial charge on any atom is 0.234 e. The lowest BCUT2D eigenvalue weighted by molar-refractivity contribution is -0.120. The maximum absolute atomic E-state index is 11.7. The lowest BCUT2D eigenvalue weighted by Crippen LogP contribution is -2.33. The van der Waals surface area contributed by atoms with Gasteiger partial charge in [0.25, 0.3) is 0 Å². The fourth-order valence-electron chi connectivity index (χ4n) is 1.92. The van der Waals surface area contributed by atoms with Crippen molar-refractivity contribution in [3.63, 3.8) is 0 Å². The van der Waals surface area contributed by atoms with Crippen molar-refractivity contribution in [3.05, 3.63) is 53.9 Å². The van der Waals surface area contributed by atoms with Crippen molar-refractivity contribution in [2.75, 3.05) is 6.54 Å². The van der Waals surface area contributed by atoms with Gasteiger partial charge in [0.05, 0.1) is 12.2 Å². The molecule has 2 rings (SSSR count). The summed E-state index contributed by atoms with van der Waals surface area (Å²) in [5, 5.41) is 10.4. The minimum absolute atomic E-state index is 0.0119. The van der Waals surface area contributed by atoms with Gasteiger partial charge in [0.15, 0.2) is 0 Å². The molecule has 1 aromatic heterocycles. The van der Waals surface area contributed by atoms with Gasteiger partial charge >= 0.3 is 0 Å². The third-order valence-corrected chi connectivity index (χ3v) is 3.12.